The van der Waals surface area contributed by atoms with Crippen molar-refractivity contribution < 1.29 is 14.4 Å². The number of amides is 2. The summed E-state index contributed by atoms with van der Waals surface area (Å²) in [5.74, 6) is -0.192. The molecule has 0 unspecified atom stereocenters. The van der Waals surface area contributed by atoms with Gasteiger partial charge in [0.05, 0.1) is 6.42 Å². The molecule has 5 nitrogen and oxygen atoms in total. The molecule has 5 heteroatoms. The lowest BCUT2D eigenvalue weighted by Gasteiger charge is -2.22. The highest BCUT2D eigenvalue weighted by Gasteiger charge is 2.26. The molecule has 0 aliphatic heterocycles. The summed E-state index contributed by atoms with van der Waals surface area (Å²) in [5.41, 5.74) is 0. The molecule has 0 heterocycles. The lowest BCUT2D eigenvalue weighted by molar-refractivity contribution is -0.130. The van der Waals surface area contributed by atoms with Crippen LogP contribution >= 0.6 is 0 Å². The van der Waals surface area contributed by atoms with E-state index in [-0.39, 0.29) is 48.9 Å². The van der Waals surface area contributed by atoms with Crippen LogP contribution in [0.5, 0.6) is 0 Å². The first kappa shape index (κ1) is 11.7. The molecular weight excluding hydrogens is 196 g/mol. The van der Waals surface area contributed by atoms with Crippen LogP contribution < -0.4 is 10.6 Å². The molecule has 0 spiro atoms. The first-order chi connectivity index (χ1) is 6.97. The number of carbonyl (C=O) groups excluding carboxylic acids is 3. The Balaban J connectivity index is 2.40. The predicted octanol–water partition coefficient (Wildman–Crippen LogP) is 0.385. The van der Waals surface area contributed by atoms with Gasteiger partial charge in [0, 0.05) is 24.9 Å². The van der Waals surface area contributed by atoms with Crippen LogP contribution in [0.15, 0.2) is 0 Å². The third-order valence-electron chi connectivity index (χ3n) is 2.10. The van der Waals surface area contributed by atoms with Crippen molar-refractivity contribution in [1.29, 1.82) is 0 Å². The van der Waals surface area contributed by atoms with Gasteiger partial charge in [0.25, 0.3) is 0 Å². The molecule has 2 amide bonds. The van der Waals surface area contributed by atoms with Crippen LogP contribution in [0, 0.1) is 0 Å². The topological polar surface area (TPSA) is 75.3 Å². The zero-order valence-corrected chi connectivity index (χ0v) is 9.00. The van der Waals surface area contributed by atoms with Crippen molar-refractivity contribution in [3.63, 3.8) is 0 Å². The molecule has 15 heavy (non-hydrogen) atoms. The van der Waals surface area contributed by atoms with Gasteiger partial charge in [-0.15, -0.1) is 0 Å². The van der Waals surface area contributed by atoms with Crippen LogP contribution in [0.4, 0.5) is 4.79 Å². The van der Waals surface area contributed by atoms with E-state index in [0.717, 1.165) is 0 Å². The third kappa shape index (κ3) is 4.10. The minimum Gasteiger partial charge on any atom is -0.336 e. The second-order valence-electron chi connectivity index (χ2n) is 4.13. The highest BCUT2D eigenvalue weighted by molar-refractivity contribution is 6.02. The van der Waals surface area contributed by atoms with Crippen molar-refractivity contribution >= 4 is 17.6 Å². The summed E-state index contributed by atoms with van der Waals surface area (Å²) in [5, 5.41) is 5.27. The monoisotopic (exact) mass is 212 g/mol. The van der Waals surface area contributed by atoms with E-state index in [1.165, 1.54) is 0 Å². The molecule has 84 valence electrons. The average Bonchev–Trinajstić information content (AvgIpc) is 1.98. The number of hydrogen-bond donors (Lipinski definition) is 2. The summed E-state index contributed by atoms with van der Waals surface area (Å²) in [6.07, 6.45) is 0.540. The maximum Gasteiger partial charge on any atom is 0.315 e. The van der Waals surface area contributed by atoms with Gasteiger partial charge in [-0.05, 0) is 13.8 Å². The van der Waals surface area contributed by atoms with Crippen LogP contribution in [0.2, 0.25) is 0 Å². The fraction of sp³-hybridized carbons (Fsp3) is 0.700. The summed E-state index contributed by atoms with van der Waals surface area (Å²) in [4.78, 5) is 33.5. The van der Waals surface area contributed by atoms with Crippen LogP contribution in [0.1, 0.15) is 33.1 Å². The van der Waals surface area contributed by atoms with Gasteiger partial charge < -0.3 is 10.6 Å². The number of nitrogens with one attached hydrogen (secondary N) is 2. The van der Waals surface area contributed by atoms with Crippen LogP contribution in [-0.4, -0.2) is 29.7 Å². The van der Waals surface area contributed by atoms with Crippen LogP contribution in [-0.2, 0) is 9.59 Å². The molecule has 1 saturated carbocycles. The van der Waals surface area contributed by atoms with E-state index in [0.29, 0.717) is 0 Å². The summed E-state index contributed by atoms with van der Waals surface area (Å²) in [6.45, 7) is 3.69. The zero-order valence-electron chi connectivity index (χ0n) is 9.00. The molecule has 1 aliphatic rings. The first-order valence-corrected chi connectivity index (χ1v) is 5.08. The lowest BCUT2D eigenvalue weighted by atomic mass is 9.93. The molecule has 2 N–H and O–H groups in total. The van der Waals surface area contributed by atoms with E-state index >= 15 is 0 Å². The summed E-state index contributed by atoms with van der Waals surface area (Å²) < 4.78 is 0. The lowest BCUT2D eigenvalue weighted by Crippen LogP contribution is -2.47. The maximum absolute atomic E-state index is 11.3. The van der Waals surface area contributed by atoms with Gasteiger partial charge in [0.15, 0.2) is 0 Å². The molecule has 0 saturated heterocycles. The molecule has 1 fully saturated rings. The second-order valence-corrected chi connectivity index (χ2v) is 4.13. The fourth-order valence-electron chi connectivity index (χ4n) is 1.58. The van der Waals surface area contributed by atoms with Gasteiger partial charge in [0.1, 0.15) is 11.6 Å². The van der Waals surface area contributed by atoms with E-state index in [2.05, 4.69) is 10.6 Å². The third-order valence-corrected chi connectivity index (χ3v) is 2.10. The highest BCUT2D eigenvalue weighted by atomic mass is 16.2. The quantitative estimate of drug-likeness (QED) is 0.650. The molecule has 0 aromatic carbocycles. The number of rotatable bonds is 2. The normalized spacial score (nSPS) is 18.1. The van der Waals surface area contributed by atoms with Crippen molar-refractivity contribution in [2.45, 2.75) is 45.2 Å². The summed E-state index contributed by atoms with van der Waals surface area (Å²) in [6, 6.07) is -0.616. The fourth-order valence-corrected chi connectivity index (χ4v) is 1.58. The van der Waals surface area contributed by atoms with E-state index in [4.69, 9.17) is 0 Å². The van der Waals surface area contributed by atoms with Gasteiger partial charge in [0.2, 0.25) is 0 Å². The summed E-state index contributed by atoms with van der Waals surface area (Å²) in [7, 11) is 0. The Kier molecular flexibility index (Phi) is 3.82. The number of ketones is 2. The van der Waals surface area contributed by atoms with Crippen molar-refractivity contribution in [2.75, 3.05) is 0 Å². The molecule has 0 radical (unpaired) electrons. The Morgan fingerprint density at radius 1 is 1.27 bits per heavy atom. The van der Waals surface area contributed by atoms with Gasteiger partial charge >= 0.3 is 6.03 Å². The van der Waals surface area contributed by atoms with Crippen molar-refractivity contribution in [2.24, 2.45) is 0 Å². The Bertz CT molecular complexity index is 270. The van der Waals surface area contributed by atoms with Crippen molar-refractivity contribution in [3.8, 4) is 0 Å². The second kappa shape index (κ2) is 4.91. The summed E-state index contributed by atoms with van der Waals surface area (Å²) >= 11 is 0. The van der Waals surface area contributed by atoms with Crippen LogP contribution in [0.3, 0.4) is 0 Å². The average molecular weight is 212 g/mol. The van der Waals surface area contributed by atoms with Crippen molar-refractivity contribution in [3.05, 3.63) is 0 Å². The van der Waals surface area contributed by atoms with E-state index < -0.39 is 0 Å². The SMILES string of the molecule is CC(C)NC(=O)NC1CC(=O)CC(=O)C1. The Morgan fingerprint density at radius 3 is 2.27 bits per heavy atom. The Hall–Kier alpha value is -1.39. The van der Waals surface area contributed by atoms with Gasteiger partial charge in [-0.1, -0.05) is 0 Å². The van der Waals surface area contributed by atoms with E-state index in [1.54, 1.807) is 0 Å². The van der Waals surface area contributed by atoms with Gasteiger partial charge in [-0.2, -0.15) is 0 Å². The van der Waals surface area contributed by atoms with Gasteiger partial charge in [-0.25, -0.2) is 4.79 Å². The molecule has 0 atom stereocenters. The molecule has 1 rings (SSSR count). The Morgan fingerprint density at radius 2 is 1.80 bits per heavy atom. The molecule has 0 aromatic heterocycles. The van der Waals surface area contributed by atoms with E-state index in [9.17, 15) is 14.4 Å². The van der Waals surface area contributed by atoms with Gasteiger partial charge in [-0.3, -0.25) is 9.59 Å². The van der Waals surface area contributed by atoms with Crippen LogP contribution in [0.25, 0.3) is 0 Å². The smallest absolute Gasteiger partial charge is 0.315 e. The van der Waals surface area contributed by atoms with Crippen molar-refractivity contribution in [1.82, 2.24) is 10.6 Å². The van der Waals surface area contributed by atoms with E-state index in [1.807, 2.05) is 13.8 Å². The minimum atomic E-state index is -0.336. The number of hydrogen-bond acceptors (Lipinski definition) is 3. The number of carbonyl (C=O) groups is 3. The standard InChI is InChI=1S/C10H16N2O3/c1-6(2)11-10(15)12-7-3-8(13)5-9(14)4-7/h6-7H,3-5H2,1-2H3,(H2,11,12,15). The number of Topliss-reactive ketones (excluding diaryl/α,β-unsaturated/α-hetero) is 2. The maximum atomic E-state index is 11.3. The molecular formula is C10H16N2O3. The zero-order chi connectivity index (χ0) is 11.4. The minimum absolute atomic E-state index is 0.0178. The molecule has 0 aromatic rings. The molecule has 0 bridgehead atoms. The number of urea groups is 1. The first-order valence-electron chi connectivity index (χ1n) is 5.08. The molecule has 1 aliphatic carbocycles. The highest BCUT2D eigenvalue weighted by Crippen LogP contribution is 2.11. The Labute approximate surface area is 88.6 Å². The largest absolute Gasteiger partial charge is 0.336 e. The predicted molar refractivity (Wildman–Crippen MR) is 54.5 cm³/mol.